The Labute approximate surface area is 168 Å². The third-order valence-electron chi connectivity index (χ3n) is 4.07. The van der Waals surface area contributed by atoms with Crippen molar-refractivity contribution in [3.8, 4) is 5.75 Å². The quantitative estimate of drug-likeness (QED) is 0.478. The molecule has 148 valence electrons. The molecule has 4 rings (SSSR count). The summed E-state index contributed by atoms with van der Waals surface area (Å²) in [4.78, 5) is 27.9. The van der Waals surface area contributed by atoms with E-state index < -0.39 is 5.82 Å². The molecule has 0 saturated heterocycles. The van der Waals surface area contributed by atoms with Crippen LogP contribution < -0.4 is 15.6 Å². The molecular formula is C19H15ClFN5O3. The van der Waals surface area contributed by atoms with Crippen molar-refractivity contribution in [2.24, 2.45) is 0 Å². The highest BCUT2D eigenvalue weighted by atomic mass is 35.5. The number of aromatic nitrogens is 4. The molecule has 3 aromatic heterocycles. The number of pyridine rings is 1. The molecule has 0 atom stereocenters. The van der Waals surface area contributed by atoms with E-state index in [-0.39, 0.29) is 17.2 Å². The standard InChI is InChI=1S/C19H15ClFN5O3/c20-13-7-11(1-2-14(13)21)29-10-16-25-18-12(19(27)26-16)3-4-23-15(18)8-22-9-17-24-5-6-28-17/h1-7,22H,8-10H2,(H,25,26,27). The van der Waals surface area contributed by atoms with E-state index in [1.54, 1.807) is 18.5 Å². The van der Waals surface area contributed by atoms with Crippen LogP contribution in [0.5, 0.6) is 5.75 Å². The average Bonchev–Trinajstić information content (AvgIpc) is 3.23. The first-order valence-corrected chi connectivity index (χ1v) is 9.01. The van der Waals surface area contributed by atoms with Crippen LogP contribution in [0.25, 0.3) is 10.9 Å². The molecule has 4 aromatic rings. The maximum atomic E-state index is 13.3. The second-order valence-corrected chi connectivity index (χ2v) is 6.47. The van der Waals surface area contributed by atoms with Gasteiger partial charge in [0.05, 0.1) is 28.8 Å². The molecule has 2 N–H and O–H groups in total. The maximum Gasteiger partial charge on any atom is 0.258 e. The molecule has 3 heterocycles. The zero-order chi connectivity index (χ0) is 20.2. The van der Waals surface area contributed by atoms with E-state index in [9.17, 15) is 9.18 Å². The number of hydrogen-bond acceptors (Lipinski definition) is 7. The Morgan fingerprint density at radius 3 is 2.90 bits per heavy atom. The summed E-state index contributed by atoms with van der Waals surface area (Å²) >= 11 is 5.75. The minimum atomic E-state index is -0.538. The minimum Gasteiger partial charge on any atom is -0.486 e. The van der Waals surface area contributed by atoms with Gasteiger partial charge in [0.1, 0.15) is 35.8 Å². The van der Waals surface area contributed by atoms with Gasteiger partial charge in [0, 0.05) is 18.8 Å². The molecule has 0 aliphatic heterocycles. The highest BCUT2D eigenvalue weighted by Crippen LogP contribution is 2.21. The van der Waals surface area contributed by atoms with Crippen LogP contribution in [0.15, 0.2) is 52.1 Å². The Morgan fingerprint density at radius 2 is 2.10 bits per heavy atom. The molecular weight excluding hydrogens is 401 g/mol. The number of hydrogen-bond donors (Lipinski definition) is 2. The molecule has 0 radical (unpaired) electrons. The van der Waals surface area contributed by atoms with Crippen molar-refractivity contribution in [2.45, 2.75) is 19.7 Å². The number of halogens is 2. The van der Waals surface area contributed by atoms with Crippen LogP contribution in [0.2, 0.25) is 5.02 Å². The summed E-state index contributed by atoms with van der Waals surface area (Å²) in [6.45, 7) is 0.755. The van der Waals surface area contributed by atoms with Gasteiger partial charge in [-0.05, 0) is 18.2 Å². The van der Waals surface area contributed by atoms with Crippen molar-refractivity contribution in [2.75, 3.05) is 0 Å². The van der Waals surface area contributed by atoms with Gasteiger partial charge in [-0.25, -0.2) is 14.4 Å². The summed E-state index contributed by atoms with van der Waals surface area (Å²) in [5, 5.41) is 3.52. The van der Waals surface area contributed by atoms with Crippen molar-refractivity contribution in [1.82, 2.24) is 25.3 Å². The van der Waals surface area contributed by atoms with E-state index >= 15 is 0 Å². The summed E-state index contributed by atoms with van der Waals surface area (Å²) in [6.07, 6.45) is 4.61. The topological polar surface area (TPSA) is 106 Å². The van der Waals surface area contributed by atoms with Gasteiger partial charge < -0.3 is 19.5 Å². The molecule has 10 heteroatoms. The summed E-state index contributed by atoms with van der Waals surface area (Å²) in [5.41, 5.74) is 0.764. The van der Waals surface area contributed by atoms with Gasteiger partial charge >= 0.3 is 0 Å². The van der Waals surface area contributed by atoms with Crippen molar-refractivity contribution >= 4 is 22.5 Å². The smallest absolute Gasteiger partial charge is 0.258 e. The molecule has 0 saturated carbocycles. The SMILES string of the molecule is O=c1[nH]c(COc2ccc(F)c(Cl)c2)nc2c(CNCc3ncco3)nccc12. The first-order valence-electron chi connectivity index (χ1n) is 8.64. The second kappa shape index (κ2) is 8.38. The lowest BCUT2D eigenvalue weighted by molar-refractivity contribution is 0.295. The summed E-state index contributed by atoms with van der Waals surface area (Å²) in [5.74, 6) is 0.676. The van der Waals surface area contributed by atoms with Crippen molar-refractivity contribution < 1.29 is 13.5 Å². The third-order valence-corrected chi connectivity index (χ3v) is 4.36. The molecule has 0 aliphatic rings. The monoisotopic (exact) mass is 415 g/mol. The van der Waals surface area contributed by atoms with Crippen molar-refractivity contribution in [3.63, 3.8) is 0 Å². The number of H-pyrrole nitrogens is 1. The number of rotatable bonds is 7. The number of nitrogens with zero attached hydrogens (tertiary/aromatic N) is 3. The molecule has 8 nitrogen and oxygen atoms in total. The van der Waals surface area contributed by atoms with E-state index in [0.29, 0.717) is 47.2 Å². The van der Waals surface area contributed by atoms with E-state index in [1.807, 2.05) is 0 Å². The lowest BCUT2D eigenvalue weighted by Gasteiger charge is -2.09. The Balaban J connectivity index is 1.53. The van der Waals surface area contributed by atoms with Gasteiger partial charge in [-0.2, -0.15) is 0 Å². The normalized spacial score (nSPS) is 11.1. The van der Waals surface area contributed by atoms with Gasteiger partial charge in [-0.1, -0.05) is 11.6 Å². The van der Waals surface area contributed by atoms with Crippen molar-refractivity contribution in [1.29, 1.82) is 0 Å². The second-order valence-electron chi connectivity index (χ2n) is 6.06. The highest BCUT2D eigenvalue weighted by Gasteiger charge is 2.11. The van der Waals surface area contributed by atoms with Gasteiger partial charge in [0.25, 0.3) is 5.56 Å². The van der Waals surface area contributed by atoms with E-state index in [2.05, 4.69) is 25.3 Å². The van der Waals surface area contributed by atoms with E-state index in [4.69, 9.17) is 20.8 Å². The Bertz CT molecular complexity index is 1200. The highest BCUT2D eigenvalue weighted by molar-refractivity contribution is 6.30. The Hall–Kier alpha value is -3.30. The third kappa shape index (κ3) is 4.41. The lowest BCUT2D eigenvalue weighted by Crippen LogP contribution is -2.18. The van der Waals surface area contributed by atoms with Gasteiger partial charge in [0.2, 0.25) is 5.89 Å². The van der Waals surface area contributed by atoms with Crippen LogP contribution in [0.1, 0.15) is 17.4 Å². The molecule has 0 spiro atoms. The summed E-state index contributed by atoms with van der Waals surface area (Å²) in [7, 11) is 0. The van der Waals surface area contributed by atoms with E-state index in [1.165, 1.54) is 24.5 Å². The number of nitrogens with one attached hydrogen (secondary N) is 2. The predicted molar refractivity (Wildman–Crippen MR) is 103 cm³/mol. The molecule has 0 bridgehead atoms. The van der Waals surface area contributed by atoms with Crippen LogP contribution >= 0.6 is 11.6 Å². The molecule has 1 aromatic carbocycles. The van der Waals surface area contributed by atoms with Crippen LogP contribution in [0, 0.1) is 5.82 Å². The number of aromatic amines is 1. The number of oxazole rings is 1. The predicted octanol–water partition coefficient (Wildman–Crippen LogP) is 2.97. The van der Waals surface area contributed by atoms with E-state index in [0.717, 1.165) is 0 Å². The van der Waals surface area contributed by atoms with Gasteiger partial charge in [0.15, 0.2) is 0 Å². The largest absolute Gasteiger partial charge is 0.486 e. The van der Waals surface area contributed by atoms with Crippen LogP contribution in [0.4, 0.5) is 4.39 Å². The first-order chi connectivity index (χ1) is 14.1. The fourth-order valence-corrected chi connectivity index (χ4v) is 2.88. The van der Waals surface area contributed by atoms with Crippen LogP contribution in [0.3, 0.4) is 0 Å². The zero-order valence-corrected chi connectivity index (χ0v) is 15.7. The lowest BCUT2D eigenvalue weighted by atomic mass is 10.2. The van der Waals surface area contributed by atoms with Crippen LogP contribution in [-0.4, -0.2) is 19.9 Å². The fraction of sp³-hybridized carbons (Fsp3) is 0.158. The number of ether oxygens (including phenoxy) is 1. The zero-order valence-electron chi connectivity index (χ0n) is 15.0. The molecule has 0 unspecified atom stereocenters. The fourth-order valence-electron chi connectivity index (χ4n) is 2.71. The van der Waals surface area contributed by atoms with Gasteiger partial charge in [-0.3, -0.25) is 9.78 Å². The van der Waals surface area contributed by atoms with Crippen molar-refractivity contribution in [3.05, 3.63) is 81.5 Å². The van der Waals surface area contributed by atoms with Crippen LogP contribution in [-0.2, 0) is 19.7 Å². The number of benzene rings is 1. The molecule has 0 aliphatic carbocycles. The number of fused-ring (bicyclic) bond motifs is 1. The minimum absolute atomic E-state index is 0.0226. The average molecular weight is 416 g/mol. The molecule has 0 amide bonds. The first kappa shape index (κ1) is 19.0. The summed E-state index contributed by atoms with van der Waals surface area (Å²) in [6, 6.07) is 5.61. The molecule has 29 heavy (non-hydrogen) atoms. The maximum absolute atomic E-state index is 13.3. The summed E-state index contributed by atoms with van der Waals surface area (Å²) < 4.78 is 24.0. The van der Waals surface area contributed by atoms with Gasteiger partial charge in [-0.15, -0.1) is 0 Å². The Morgan fingerprint density at radius 1 is 1.21 bits per heavy atom. The molecule has 0 fully saturated rings. The Kier molecular flexibility index (Phi) is 5.50.